The van der Waals surface area contributed by atoms with Gasteiger partial charge in [-0.15, -0.1) is 11.3 Å². The Balaban J connectivity index is 2.74. The summed E-state index contributed by atoms with van der Waals surface area (Å²) in [7, 11) is 0. The van der Waals surface area contributed by atoms with Crippen LogP contribution in [0.15, 0.2) is 0 Å². The summed E-state index contributed by atoms with van der Waals surface area (Å²) in [6, 6.07) is 0. The minimum atomic E-state index is -0.859. The zero-order valence-corrected chi connectivity index (χ0v) is 10.2. The first kappa shape index (κ1) is 11.0. The third kappa shape index (κ3) is 1.78. The molecular weight excluding hydrogens is 224 g/mol. The van der Waals surface area contributed by atoms with Crippen molar-refractivity contribution < 1.29 is 9.90 Å². The van der Waals surface area contributed by atoms with Gasteiger partial charge in [-0.25, -0.2) is 9.97 Å². The Morgan fingerprint density at radius 1 is 1.31 bits per heavy atom. The molecule has 2 aromatic heterocycles. The molecule has 0 atom stereocenters. The Morgan fingerprint density at radius 2 is 2.00 bits per heavy atom. The van der Waals surface area contributed by atoms with Crippen LogP contribution in [0, 0.1) is 20.8 Å². The topological polar surface area (TPSA) is 63.1 Å². The fourth-order valence-corrected chi connectivity index (χ4v) is 2.82. The summed E-state index contributed by atoms with van der Waals surface area (Å²) in [5.41, 5.74) is 1.72. The summed E-state index contributed by atoms with van der Waals surface area (Å²) >= 11 is 1.59. The number of nitrogens with zero attached hydrogens (tertiary/aromatic N) is 2. The Hall–Kier alpha value is -1.49. The van der Waals surface area contributed by atoms with Crippen molar-refractivity contribution in [3.63, 3.8) is 0 Å². The molecule has 0 radical (unpaired) electrons. The number of aryl methyl sites for hydroxylation is 3. The van der Waals surface area contributed by atoms with Crippen LogP contribution in [-0.4, -0.2) is 21.0 Å². The molecule has 0 spiro atoms. The predicted octanol–water partition coefficient (Wildman–Crippen LogP) is 2.24. The first-order valence-electron chi connectivity index (χ1n) is 4.94. The Kier molecular flexibility index (Phi) is 2.63. The van der Waals surface area contributed by atoms with Crippen molar-refractivity contribution >= 4 is 27.5 Å². The number of carbonyl (C=O) groups is 1. The Morgan fingerprint density at radius 3 is 2.62 bits per heavy atom. The molecule has 5 heteroatoms. The Labute approximate surface area is 97.0 Å². The van der Waals surface area contributed by atoms with Crippen LogP contribution in [0.1, 0.15) is 22.0 Å². The Bertz CT molecular complexity index is 575. The van der Waals surface area contributed by atoms with Gasteiger partial charge < -0.3 is 5.11 Å². The molecule has 0 aliphatic carbocycles. The van der Waals surface area contributed by atoms with Crippen molar-refractivity contribution in [3.05, 3.63) is 22.0 Å². The van der Waals surface area contributed by atoms with E-state index in [0.717, 1.165) is 15.8 Å². The van der Waals surface area contributed by atoms with Crippen LogP contribution in [-0.2, 0) is 11.2 Å². The fourth-order valence-electron chi connectivity index (χ4n) is 1.72. The SMILES string of the molecule is Cc1nc(CC(=O)O)c2c(C)c(C)sc2n1. The first-order chi connectivity index (χ1) is 7.49. The van der Waals surface area contributed by atoms with E-state index in [0.29, 0.717) is 11.5 Å². The molecule has 16 heavy (non-hydrogen) atoms. The molecule has 1 N–H and O–H groups in total. The lowest BCUT2D eigenvalue weighted by molar-refractivity contribution is -0.136. The van der Waals surface area contributed by atoms with Crippen LogP contribution < -0.4 is 0 Å². The third-order valence-corrected chi connectivity index (χ3v) is 3.64. The minimum absolute atomic E-state index is 0.0448. The van der Waals surface area contributed by atoms with Gasteiger partial charge in [0.15, 0.2) is 0 Å². The van der Waals surface area contributed by atoms with Gasteiger partial charge in [-0.3, -0.25) is 4.79 Å². The normalized spacial score (nSPS) is 10.9. The van der Waals surface area contributed by atoms with E-state index in [1.165, 1.54) is 4.88 Å². The first-order valence-corrected chi connectivity index (χ1v) is 5.75. The fraction of sp³-hybridized carbons (Fsp3) is 0.364. The number of thiophene rings is 1. The molecule has 0 aliphatic rings. The second kappa shape index (κ2) is 3.83. The number of rotatable bonds is 2. The van der Waals surface area contributed by atoms with E-state index in [1.807, 2.05) is 13.8 Å². The van der Waals surface area contributed by atoms with Crippen molar-refractivity contribution in [1.29, 1.82) is 0 Å². The predicted molar refractivity (Wildman–Crippen MR) is 63.0 cm³/mol. The van der Waals surface area contributed by atoms with Gasteiger partial charge in [-0.05, 0) is 26.3 Å². The highest BCUT2D eigenvalue weighted by Gasteiger charge is 2.15. The van der Waals surface area contributed by atoms with Crippen LogP contribution in [0.4, 0.5) is 0 Å². The second-order valence-electron chi connectivity index (χ2n) is 3.75. The van der Waals surface area contributed by atoms with Gasteiger partial charge in [-0.2, -0.15) is 0 Å². The van der Waals surface area contributed by atoms with Crippen molar-refractivity contribution in [1.82, 2.24) is 9.97 Å². The van der Waals surface area contributed by atoms with Crippen LogP contribution in [0.5, 0.6) is 0 Å². The largest absolute Gasteiger partial charge is 0.481 e. The maximum absolute atomic E-state index is 10.8. The molecule has 0 unspecified atom stereocenters. The molecule has 0 bridgehead atoms. The monoisotopic (exact) mass is 236 g/mol. The molecule has 0 amide bonds. The maximum Gasteiger partial charge on any atom is 0.309 e. The van der Waals surface area contributed by atoms with Gasteiger partial charge in [0.1, 0.15) is 10.7 Å². The number of hydrogen-bond donors (Lipinski definition) is 1. The molecule has 2 heterocycles. The number of fused-ring (bicyclic) bond motifs is 1. The highest BCUT2D eigenvalue weighted by atomic mass is 32.1. The molecule has 84 valence electrons. The van der Waals surface area contributed by atoms with Gasteiger partial charge in [0.25, 0.3) is 0 Å². The van der Waals surface area contributed by atoms with E-state index >= 15 is 0 Å². The van der Waals surface area contributed by atoms with Gasteiger partial charge in [0.2, 0.25) is 0 Å². The highest BCUT2D eigenvalue weighted by Crippen LogP contribution is 2.30. The average molecular weight is 236 g/mol. The summed E-state index contributed by atoms with van der Waals surface area (Å²) in [6.45, 7) is 5.79. The van der Waals surface area contributed by atoms with Crippen molar-refractivity contribution in [2.45, 2.75) is 27.2 Å². The quantitative estimate of drug-likeness (QED) is 0.868. The van der Waals surface area contributed by atoms with E-state index in [9.17, 15) is 4.79 Å². The van der Waals surface area contributed by atoms with Gasteiger partial charge in [0.05, 0.1) is 12.1 Å². The lowest BCUT2D eigenvalue weighted by atomic mass is 10.1. The third-order valence-electron chi connectivity index (χ3n) is 2.53. The lowest BCUT2D eigenvalue weighted by Crippen LogP contribution is -2.05. The summed E-state index contributed by atoms with van der Waals surface area (Å²) in [5, 5.41) is 9.77. The number of aromatic nitrogens is 2. The number of carboxylic acids is 1. The van der Waals surface area contributed by atoms with E-state index in [1.54, 1.807) is 18.3 Å². The zero-order valence-electron chi connectivity index (χ0n) is 9.37. The molecular formula is C11H12N2O2S. The molecule has 0 saturated heterocycles. The highest BCUT2D eigenvalue weighted by molar-refractivity contribution is 7.18. The molecule has 2 aromatic rings. The van der Waals surface area contributed by atoms with Crippen molar-refractivity contribution in [3.8, 4) is 0 Å². The van der Waals surface area contributed by atoms with E-state index < -0.39 is 5.97 Å². The number of carboxylic acid groups (broad SMARTS) is 1. The summed E-state index contributed by atoms with van der Waals surface area (Å²) in [6.07, 6.45) is -0.0448. The van der Waals surface area contributed by atoms with Gasteiger partial charge >= 0.3 is 5.97 Å². The van der Waals surface area contributed by atoms with Crippen LogP contribution >= 0.6 is 11.3 Å². The second-order valence-corrected chi connectivity index (χ2v) is 4.95. The molecule has 0 aromatic carbocycles. The van der Waals surface area contributed by atoms with Crippen molar-refractivity contribution in [2.75, 3.05) is 0 Å². The van der Waals surface area contributed by atoms with Crippen LogP contribution in [0.25, 0.3) is 10.2 Å². The standard InChI is InChI=1S/C11H12N2O2S/c1-5-6(2)16-11-10(5)8(4-9(14)15)12-7(3)13-11/h4H2,1-3H3,(H,14,15). The summed E-state index contributed by atoms with van der Waals surface area (Å²) in [4.78, 5) is 21.4. The zero-order chi connectivity index (χ0) is 11.9. The van der Waals surface area contributed by atoms with E-state index in [2.05, 4.69) is 9.97 Å². The molecule has 0 saturated carbocycles. The van der Waals surface area contributed by atoms with Gasteiger partial charge in [0, 0.05) is 10.3 Å². The van der Waals surface area contributed by atoms with Crippen LogP contribution in [0.2, 0.25) is 0 Å². The number of aliphatic carboxylic acids is 1. The average Bonchev–Trinajstić information content (AvgIpc) is 2.40. The van der Waals surface area contributed by atoms with E-state index in [4.69, 9.17) is 5.11 Å². The molecule has 0 fully saturated rings. The lowest BCUT2D eigenvalue weighted by Gasteiger charge is -2.02. The van der Waals surface area contributed by atoms with Gasteiger partial charge in [-0.1, -0.05) is 0 Å². The number of hydrogen-bond acceptors (Lipinski definition) is 4. The molecule has 0 aliphatic heterocycles. The smallest absolute Gasteiger partial charge is 0.309 e. The maximum atomic E-state index is 10.8. The minimum Gasteiger partial charge on any atom is -0.481 e. The summed E-state index contributed by atoms with van der Waals surface area (Å²) < 4.78 is 0. The van der Waals surface area contributed by atoms with Crippen molar-refractivity contribution in [2.24, 2.45) is 0 Å². The summed E-state index contributed by atoms with van der Waals surface area (Å²) in [5.74, 6) is -0.229. The molecule has 4 nitrogen and oxygen atoms in total. The van der Waals surface area contributed by atoms with E-state index in [-0.39, 0.29) is 6.42 Å². The van der Waals surface area contributed by atoms with Crippen LogP contribution in [0.3, 0.4) is 0 Å². The molecule has 2 rings (SSSR count).